The molecule has 2 aromatic rings. The first-order valence-electron chi connectivity index (χ1n) is 11.6. The van der Waals surface area contributed by atoms with Gasteiger partial charge in [-0.1, -0.05) is 24.6 Å². The van der Waals surface area contributed by atoms with Gasteiger partial charge in [-0.15, -0.1) is 0 Å². The van der Waals surface area contributed by atoms with Crippen molar-refractivity contribution in [2.24, 2.45) is 0 Å². The molecule has 2 fully saturated rings. The van der Waals surface area contributed by atoms with E-state index in [9.17, 15) is 4.79 Å². The molecule has 1 aromatic carbocycles. The number of anilines is 2. The predicted octanol–water partition coefficient (Wildman–Crippen LogP) is 3.82. The molecule has 0 radical (unpaired) electrons. The second-order valence-corrected chi connectivity index (χ2v) is 9.05. The van der Waals surface area contributed by atoms with Gasteiger partial charge in [0.25, 0.3) is 0 Å². The quantitative estimate of drug-likeness (QED) is 0.823. The average Bonchev–Trinajstić information content (AvgIpc) is 3.17. The molecule has 1 N–H and O–H groups in total. The molecule has 5 rings (SSSR count). The van der Waals surface area contributed by atoms with E-state index in [2.05, 4.69) is 38.3 Å². The first-order valence-corrected chi connectivity index (χ1v) is 11.6. The second kappa shape index (κ2) is 8.76. The predicted molar refractivity (Wildman–Crippen MR) is 121 cm³/mol. The van der Waals surface area contributed by atoms with Crippen molar-refractivity contribution in [2.45, 2.75) is 57.4 Å². The maximum Gasteiger partial charge on any atom is 0.228 e. The lowest BCUT2D eigenvalue weighted by molar-refractivity contribution is -0.115. The van der Waals surface area contributed by atoms with Crippen molar-refractivity contribution in [1.82, 2.24) is 9.88 Å². The molecule has 1 saturated carbocycles. The summed E-state index contributed by atoms with van der Waals surface area (Å²) in [6.07, 6.45) is 11.0. The van der Waals surface area contributed by atoms with Crippen LogP contribution in [0, 0.1) is 0 Å². The summed E-state index contributed by atoms with van der Waals surface area (Å²) in [6, 6.07) is 11.4. The fourth-order valence-electron chi connectivity index (χ4n) is 5.01. The highest BCUT2D eigenvalue weighted by Crippen LogP contribution is 2.28. The monoisotopic (exact) mass is 404 g/mol. The van der Waals surface area contributed by atoms with Gasteiger partial charge in [0.1, 0.15) is 5.82 Å². The number of aromatic nitrogens is 1. The summed E-state index contributed by atoms with van der Waals surface area (Å²) >= 11 is 0. The van der Waals surface area contributed by atoms with Gasteiger partial charge in [0.05, 0.1) is 18.3 Å². The number of benzene rings is 1. The van der Waals surface area contributed by atoms with E-state index in [-0.39, 0.29) is 5.91 Å². The number of rotatable bonds is 5. The Morgan fingerprint density at radius 1 is 0.967 bits per heavy atom. The fraction of sp³-hybridized carbons (Fsp3) is 0.520. The third kappa shape index (κ3) is 4.36. The zero-order chi connectivity index (χ0) is 20.3. The third-order valence-corrected chi connectivity index (χ3v) is 7.02. The number of fused-ring (bicyclic) bond motifs is 1. The molecule has 1 aromatic heterocycles. The Hall–Kier alpha value is -2.40. The fourth-order valence-corrected chi connectivity index (χ4v) is 5.01. The van der Waals surface area contributed by atoms with Crippen LogP contribution in [0.4, 0.5) is 11.5 Å². The normalized spacial score (nSPS) is 19.8. The summed E-state index contributed by atoms with van der Waals surface area (Å²) in [5.41, 5.74) is 4.76. The smallest absolute Gasteiger partial charge is 0.228 e. The Labute approximate surface area is 179 Å². The first kappa shape index (κ1) is 19.6. The molecule has 3 aliphatic rings. The zero-order valence-electron chi connectivity index (χ0n) is 17.8. The van der Waals surface area contributed by atoms with Gasteiger partial charge in [-0.05, 0) is 67.3 Å². The van der Waals surface area contributed by atoms with Gasteiger partial charge in [0, 0.05) is 32.2 Å². The summed E-state index contributed by atoms with van der Waals surface area (Å²) in [6.45, 7) is 4.49. The lowest BCUT2D eigenvalue weighted by atomic mass is 9.91. The number of hydrogen-bond donors (Lipinski definition) is 1. The number of hydrogen-bond acceptors (Lipinski definition) is 4. The van der Waals surface area contributed by atoms with Crippen molar-refractivity contribution >= 4 is 17.4 Å². The van der Waals surface area contributed by atoms with E-state index >= 15 is 0 Å². The van der Waals surface area contributed by atoms with Crippen LogP contribution in [-0.4, -0.2) is 48.0 Å². The van der Waals surface area contributed by atoms with Crippen molar-refractivity contribution in [1.29, 1.82) is 0 Å². The minimum Gasteiger partial charge on any atom is -0.357 e. The summed E-state index contributed by atoms with van der Waals surface area (Å²) < 4.78 is 0. The van der Waals surface area contributed by atoms with Crippen LogP contribution in [0.25, 0.3) is 0 Å². The molecule has 0 bridgehead atoms. The van der Waals surface area contributed by atoms with Gasteiger partial charge >= 0.3 is 0 Å². The molecule has 0 atom stereocenters. The molecular formula is C25H32N4O. The Bertz CT molecular complexity index is 885. The van der Waals surface area contributed by atoms with Crippen LogP contribution in [0.5, 0.6) is 0 Å². The SMILES string of the molecule is O=C(Cc1ccc2c(c1)CCN(C1CCC1)CC2)Nc1ccc(N2CCCC2)nc1. The summed E-state index contributed by atoms with van der Waals surface area (Å²) in [5, 5.41) is 3.01. The van der Waals surface area contributed by atoms with Gasteiger partial charge in [0.2, 0.25) is 5.91 Å². The maximum atomic E-state index is 12.6. The van der Waals surface area contributed by atoms with Crippen molar-refractivity contribution in [2.75, 3.05) is 36.4 Å². The molecule has 30 heavy (non-hydrogen) atoms. The molecule has 0 unspecified atom stereocenters. The van der Waals surface area contributed by atoms with E-state index in [4.69, 9.17) is 0 Å². The van der Waals surface area contributed by atoms with Gasteiger partial charge in [-0.2, -0.15) is 0 Å². The molecule has 1 aliphatic carbocycles. The molecular weight excluding hydrogens is 372 g/mol. The molecule has 2 aliphatic heterocycles. The molecule has 158 valence electrons. The topological polar surface area (TPSA) is 48.5 Å². The standard InChI is InChI=1S/C25H32N4O/c30-25(27-22-8-9-24(26-18-22)29-12-1-2-13-29)17-19-6-7-20-10-14-28(23-4-3-5-23)15-11-21(20)16-19/h6-9,16,18,23H,1-5,10-15,17H2,(H,27,30). The van der Waals surface area contributed by atoms with Crippen molar-refractivity contribution in [3.05, 3.63) is 53.2 Å². The lowest BCUT2D eigenvalue weighted by Gasteiger charge is -2.36. The minimum atomic E-state index is 0.0235. The second-order valence-electron chi connectivity index (χ2n) is 9.05. The molecule has 0 spiro atoms. The Balaban J connectivity index is 1.18. The highest BCUT2D eigenvalue weighted by atomic mass is 16.1. The van der Waals surface area contributed by atoms with E-state index in [1.807, 2.05) is 12.1 Å². The van der Waals surface area contributed by atoms with Gasteiger partial charge < -0.3 is 10.2 Å². The van der Waals surface area contributed by atoms with Crippen LogP contribution >= 0.6 is 0 Å². The van der Waals surface area contributed by atoms with E-state index in [0.29, 0.717) is 6.42 Å². The number of carbonyl (C=O) groups excluding carboxylic acids is 1. The van der Waals surface area contributed by atoms with Gasteiger partial charge in [-0.3, -0.25) is 9.69 Å². The van der Waals surface area contributed by atoms with E-state index < -0.39 is 0 Å². The zero-order valence-corrected chi connectivity index (χ0v) is 17.8. The Kier molecular flexibility index (Phi) is 5.71. The van der Waals surface area contributed by atoms with Crippen molar-refractivity contribution < 1.29 is 4.79 Å². The molecule has 5 heteroatoms. The maximum absolute atomic E-state index is 12.6. The average molecular weight is 405 g/mol. The van der Waals surface area contributed by atoms with E-state index in [1.54, 1.807) is 6.20 Å². The summed E-state index contributed by atoms with van der Waals surface area (Å²) in [7, 11) is 0. The van der Waals surface area contributed by atoms with Crippen molar-refractivity contribution in [3.8, 4) is 0 Å². The largest absolute Gasteiger partial charge is 0.357 e. The lowest BCUT2D eigenvalue weighted by Crippen LogP contribution is -2.41. The van der Waals surface area contributed by atoms with Crippen LogP contribution in [0.2, 0.25) is 0 Å². The van der Waals surface area contributed by atoms with Crippen molar-refractivity contribution in [3.63, 3.8) is 0 Å². The van der Waals surface area contributed by atoms with Crippen LogP contribution < -0.4 is 10.2 Å². The van der Waals surface area contributed by atoms with Crippen LogP contribution in [0.3, 0.4) is 0 Å². The number of pyridine rings is 1. The van der Waals surface area contributed by atoms with Gasteiger partial charge in [0.15, 0.2) is 0 Å². The highest BCUT2D eigenvalue weighted by molar-refractivity contribution is 5.92. The number of nitrogens with zero attached hydrogens (tertiary/aromatic N) is 3. The van der Waals surface area contributed by atoms with E-state index in [1.165, 1.54) is 49.8 Å². The highest BCUT2D eigenvalue weighted by Gasteiger charge is 2.26. The molecule has 3 heterocycles. The Morgan fingerprint density at radius 2 is 1.77 bits per heavy atom. The van der Waals surface area contributed by atoms with Crippen LogP contribution in [0.1, 0.15) is 48.8 Å². The van der Waals surface area contributed by atoms with E-state index in [0.717, 1.165) is 55.6 Å². The third-order valence-electron chi connectivity index (χ3n) is 7.02. The molecule has 5 nitrogen and oxygen atoms in total. The van der Waals surface area contributed by atoms with Crippen LogP contribution in [0.15, 0.2) is 36.5 Å². The number of nitrogens with one attached hydrogen (secondary N) is 1. The first-order chi connectivity index (χ1) is 14.7. The minimum absolute atomic E-state index is 0.0235. The molecule has 1 saturated heterocycles. The molecule has 1 amide bonds. The number of carbonyl (C=O) groups is 1. The number of amides is 1. The summed E-state index contributed by atoms with van der Waals surface area (Å²) in [5.74, 6) is 1.03. The Morgan fingerprint density at radius 3 is 2.47 bits per heavy atom. The summed E-state index contributed by atoms with van der Waals surface area (Å²) in [4.78, 5) is 22.1. The van der Waals surface area contributed by atoms with Gasteiger partial charge in [-0.25, -0.2) is 4.98 Å². The van der Waals surface area contributed by atoms with Crippen LogP contribution in [-0.2, 0) is 24.1 Å².